The summed E-state index contributed by atoms with van der Waals surface area (Å²) in [6.45, 7) is 6.77. The van der Waals surface area contributed by atoms with Gasteiger partial charge in [-0.1, -0.05) is 20.8 Å². The molecule has 2 nitrogen and oxygen atoms in total. The van der Waals surface area contributed by atoms with Crippen LogP contribution in [0.4, 0.5) is 0 Å². The maximum atomic E-state index is 4.48. The van der Waals surface area contributed by atoms with E-state index in [4.69, 9.17) is 0 Å². The van der Waals surface area contributed by atoms with Gasteiger partial charge >= 0.3 is 0 Å². The summed E-state index contributed by atoms with van der Waals surface area (Å²) in [4.78, 5) is 0. The molecule has 1 fully saturated rings. The Kier molecular flexibility index (Phi) is 2.10. The molecular formula is C14H20N2. The number of aromatic nitrogens is 2. The summed E-state index contributed by atoms with van der Waals surface area (Å²) in [6, 6.07) is 2.33. The minimum Gasteiger partial charge on any atom is -0.155 e. The number of rotatable bonds is 1. The van der Waals surface area contributed by atoms with Crippen LogP contribution in [0.15, 0.2) is 6.07 Å². The van der Waals surface area contributed by atoms with Crippen LogP contribution >= 0.6 is 0 Å². The van der Waals surface area contributed by atoms with E-state index in [1.807, 2.05) is 0 Å². The van der Waals surface area contributed by atoms with Gasteiger partial charge in [-0.05, 0) is 48.6 Å². The molecule has 2 bridgehead atoms. The highest BCUT2D eigenvalue weighted by Gasteiger charge is 2.38. The average molecular weight is 216 g/mol. The van der Waals surface area contributed by atoms with E-state index in [0.29, 0.717) is 5.41 Å². The smallest absolute Gasteiger partial charge is 0.0697 e. The third kappa shape index (κ3) is 1.64. The average Bonchev–Trinajstić information content (AvgIpc) is 2.75. The molecule has 1 heterocycles. The molecule has 0 spiro atoms. The lowest BCUT2D eigenvalue weighted by Gasteiger charge is -2.19. The zero-order chi connectivity index (χ0) is 11.3. The van der Waals surface area contributed by atoms with Crippen molar-refractivity contribution in [2.45, 2.75) is 58.3 Å². The minimum atomic E-state index is 0.306. The highest BCUT2D eigenvalue weighted by Crippen LogP contribution is 2.51. The first-order valence-corrected chi connectivity index (χ1v) is 6.39. The van der Waals surface area contributed by atoms with Crippen molar-refractivity contribution in [2.75, 3.05) is 0 Å². The van der Waals surface area contributed by atoms with Crippen molar-refractivity contribution in [3.8, 4) is 0 Å². The molecule has 0 radical (unpaired) electrons. The Hall–Kier alpha value is -0.920. The van der Waals surface area contributed by atoms with Crippen molar-refractivity contribution >= 4 is 0 Å². The molecule has 2 aliphatic rings. The summed E-state index contributed by atoms with van der Waals surface area (Å²) in [7, 11) is 0. The number of fused-ring (bicyclic) bond motifs is 5. The zero-order valence-corrected chi connectivity index (χ0v) is 10.5. The quantitative estimate of drug-likeness (QED) is 0.718. The van der Waals surface area contributed by atoms with E-state index in [9.17, 15) is 0 Å². The molecule has 3 rings (SSSR count). The molecule has 0 aromatic carbocycles. The third-order valence-electron chi connectivity index (χ3n) is 3.87. The van der Waals surface area contributed by atoms with Crippen LogP contribution in [-0.2, 0) is 6.42 Å². The first kappa shape index (κ1) is 10.2. The molecule has 0 aliphatic heterocycles. The topological polar surface area (TPSA) is 25.8 Å². The Balaban J connectivity index is 1.92. The van der Waals surface area contributed by atoms with Crippen LogP contribution in [0.5, 0.6) is 0 Å². The maximum Gasteiger partial charge on any atom is 0.0697 e. The molecule has 16 heavy (non-hydrogen) atoms. The van der Waals surface area contributed by atoms with Gasteiger partial charge in [-0.15, -0.1) is 0 Å². The fourth-order valence-electron chi connectivity index (χ4n) is 3.24. The van der Waals surface area contributed by atoms with Gasteiger partial charge in [0.15, 0.2) is 0 Å². The third-order valence-corrected chi connectivity index (χ3v) is 3.87. The monoisotopic (exact) mass is 216 g/mol. The van der Waals surface area contributed by atoms with Crippen LogP contribution in [-0.4, -0.2) is 10.2 Å². The van der Waals surface area contributed by atoms with Crippen molar-refractivity contribution in [1.29, 1.82) is 0 Å². The second-order valence-electron chi connectivity index (χ2n) is 6.62. The molecule has 1 saturated carbocycles. The highest BCUT2D eigenvalue weighted by molar-refractivity contribution is 5.36. The minimum absolute atomic E-state index is 0.306. The lowest BCUT2D eigenvalue weighted by Crippen LogP contribution is -2.13. The van der Waals surface area contributed by atoms with Gasteiger partial charge in [0, 0.05) is 5.92 Å². The molecule has 1 aromatic heterocycles. The largest absolute Gasteiger partial charge is 0.155 e. The van der Waals surface area contributed by atoms with Crippen molar-refractivity contribution < 1.29 is 0 Å². The lowest BCUT2D eigenvalue weighted by molar-refractivity contribution is 0.403. The van der Waals surface area contributed by atoms with E-state index in [1.54, 1.807) is 0 Å². The Bertz CT molecular complexity index is 417. The van der Waals surface area contributed by atoms with Gasteiger partial charge in [-0.3, -0.25) is 0 Å². The van der Waals surface area contributed by atoms with E-state index in [0.717, 1.165) is 18.3 Å². The predicted octanol–water partition coefficient (Wildman–Crippen LogP) is 3.43. The highest BCUT2D eigenvalue weighted by atomic mass is 15.1. The van der Waals surface area contributed by atoms with E-state index < -0.39 is 0 Å². The molecular weight excluding hydrogens is 196 g/mol. The van der Waals surface area contributed by atoms with Gasteiger partial charge in [-0.25, -0.2) is 0 Å². The van der Waals surface area contributed by atoms with Gasteiger partial charge in [0.2, 0.25) is 0 Å². The molecule has 0 unspecified atom stereocenters. The summed E-state index contributed by atoms with van der Waals surface area (Å²) >= 11 is 0. The summed E-state index contributed by atoms with van der Waals surface area (Å²) in [6.07, 6.45) is 5.08. The first-order valence-electron chi connectivity index (χ1n) is 6.39. The number of nitrogens with zero attached hydrogens (tertiary/aromatic N) is 2. The predicted molar refractivity (Wildman–Crippen MR) is 64.5 cm³/mol. The van der Waals surface area contributed by atoms with Crippen LogP contribution in [0.3, 0.4) is 0 Å². The van der Waals surface area contributed by atoms with Crippen LogP contribution in [0.25, 0.3) is 0 Å². The van der Waals surface area contributed by atoms with Crippen molar-refractivity contribution in [3.63, 3.8) is 0 Å². The Morgan fingerprint density at radius 2 is 1.94 bits per heavy atom. The standard InChI is InChI=1S/C14H20N2/c1-14(2,3)8-11-7-12-9-4-5-10(6-9)13(12)16-15-11/h7,9-10H,4-6,8H2,1-3H3/t9-,10-/m0/s1. The second kappa shape index (κ2) is 3.28. The molecule has 86 valence electrons. The Labute approximate surface area is 97.5 Å². The van der Waals surface area contributed by atoms with Gasteiger partial charge in [-0.2, -0.15) is 10.2 Å². The molecule has 1 aromatic rings. The number of hydrogen-bond acceptors (Lipinski definition) is 2. The summed E-state index contributed by atoms with van der Waals surface area (Å²) in [5.41, 5.74) is 4.32. The summed E-state index contributed by atoms with van der Waals surface area (Å²) in [5.74, 6) is 1.53. The van der Waals surface area contributed by atoms with Crippen molar-refractivity contribution in [3.05, 3.63) is 23.0 Å². The van der Waals surface area contributed by atoms with Crippen LogP contribution < -0.4 is 0 Å². The van der Waals surface area contributed by atoms with Gasteiger partial charge in [0.05, 0.1) is 11.4 Å². The van der Waals surface area contributed by atoms with Gasteiger partial charge < -0.3 is 0 Å². The fourth-order valence-corrected chi connectivity index (χ4v) is 3.24. The van der Waals surface area contributed by atoms with E-state index in [1.165, 1.54) is 36.2 Å². The van der Waals surface area contributed by atoms with Crippen LogP contribution in [0.2, 0.25) is 0 Å². The summed E-state index contributed by atoms with van der Waals surface area (Å²) in [5, 5.41) is 8.88. The SMILES string of the molecule is CC(C)(C)Cc1cc2c(nn1)[C@H]1CC[C@H]2C1. The van der Waals surface area contributed by atoms with E-state index >= 15 is 0 Å². The normalized spacial score (nSPS) is 27.2. The van der Waals surface area contributed by atoms with Crippen molar-refractivity contribution in [2.24, 2.45) is 5.41 Å². The zero-order valence-electron chi connectivity index (χ0n) is 10.5. The molecule has 2 atom stereocenters. The molecule has 0 N–H and O–H groups in total. The van der Waals surface area contributed by atoms with E-state index in [2.05, 4.69) is 37.0 Å². The maximum absolute atomic E-state index is 4.48. The molecule has 0 saturated heterocycles. The summed E-state index contributed by atoms with van der Waals surface area (Å²) < 4.78 is 0. The van der Waals surface area contributed by atoms with Crippen molar-refractivity contribution in [1.82, 2.24) is 10.2 Å². The van der Waals surface area contributed by atoms with Crippen LogP contribution in [0.1, 0.15) is 68.8 Å². The Morgan fingerprint density at radius 3 is 2.69 bits per heavy atom. The number of hydrogen-bond donors (Lipinski definition) is 0. The first-order chi connectivity index (χ1) is 7.53. The second-order valence-corrected chi connectivity index (χ2v) is 6.62. The van der Waals surface area contributed by atoms with Crippen LogP contribution in [0, 0.1) is 5.41 Å². The fraction of sp³-hybridized carbons (Fsp3) is 0.714. The lowest BCUT2D eigenvalue weighted by atomic mass is 9.89. The molecule has 2 aliphatic carbocycles. The molecule has 2 heteroatoms. The molecule has 0 amide bonds. The Morgan fingerprint density at radius 1 is 1.19 bits per heavy atom. The van der Waals surface area contributed by atoms with E-state index in [-0.39, 0.29) is 0 Å². The van der Waals surface area contributed by atoms with Gasteiger partial charge in [0.1, 0.15) is 0 Å². The van der Waals surface area contributed by atoms with Gasteiger partial charge in [0.25, 0.3) is 0 Å².